The molecule has 0 aliphatic rings. The number of amides is 1. The first-order valence-electron chi connectivity index (χ1n) is 8.10. The Hall–Kier alpha value is -2.12. The fourth-order valence-electron chi connectivity index (χ4n) is 2.52. The molecule has 0 saturated carbocycles. The van der Waals surface area contributed by atoms with E-state index in [4.69, 9.17) is 0 Å². The first-order chi connectivity index (χ1) is 12.5. The number of hydrogen-bond donors (Lipinski definition) is 1. The zero-order valence-electron chi connectivity index (χ0n) is 14.8. The minimum atomic E-state index is -0.0657. The third-order valence-corrected chi connectivity index (χ3v) is 6.07. The van der Waals surface area contributed by atoms with Crippen LogP contribution in [0.1, 0.15) is 11.1 Å². The summed E-state index contributed by atoms with van der Waals surface area (Å²) in [6, 6.07) is 13.7. The fourth-order valence-corrected chi connectivity index (χ4v) is 3.66. The van der Waals surface area contributed by atoms with Crippen LogP contribution < -0.4 is 5.32 Å². The number of hydrogen-bond acceptors (Lipinski definition) is 4. The molecular formula is C19H19BrN4OS. The molecule has 0 unspecified atom stereocenters. The minimum absolute atomic E-state index is 0.0657. The van der Waals surface area contributed by atoms with Crippen molar-refractivity contribution in [3.63, 3.8) is 0 Å². The first kappa shape index (κ1) is 18.7. The number of halogens is 1. The molecule has 0 bridgehead atoms. The molecule has 3 aromatic rings. The predicted octanol–water partition coefficient (Wildman–Crippen LogP) is 4.59. The van der Waals surface area contributed by atoms with Gasteiger partial charge in [-0.25, -0.2) is 0 Å². The van der Waals surface area contributed by atoms with Crippen LogP contribution in [0.2, 0.25) is 0 Å². The van der Waals surface area contributed by atoms with Crippen LogP contribution in [0.3, 0.4) is 0 Å². The van der Waals surface area contributed by atoms with Crippen molar-refractivity contribution in [1.29, 1.82) is 0 Å². The third kappa shape index (κ3) is 3.99. The van der Waals surface area contributed by atoms with Crippen LogP contribution in [0.5, 0.6) is 0 Å². The number of rotatable bonds is 5. The fraction of sp³-hybridized carbons (Fsp3) is 0.211. The molecule has 0 saturated heterocycles. The van der Waals surface area contributed by atoms with Crippen LogP contribution in [0.25, 0.3) is 11.4 Å². The van der Waals surface area contributed by atoms with Crippen LogP contribution in [-0.4, -0.2) is 26.4 Å². The largest absolute Gasteiger partial charge is 0.325 e. The van der Waals surface area contributed by atoms with E-state index in [1.807, 2.05) is 67.9 Å². The second-order valence-electron chi connectivity index (χ2n) is 5.91. The Bertz CT molecular complexity index is 940. The number of anilines is 1. The molecule has 1 heterocycles. The molecule has 1 N–H and O–H groups in total. The van der Waals surface area contributed by atoms with E-state index in [2.05, 4.69) is 31.4 Å². The molecule has 0 spiro atoms. The highest BCUT2D eigenvalue weighted by Crippen LogP contribution is 2.26. The topological polar surface area (TPSA) is 59.8 Å². The Kier molecular flexibility index (Phi) is 5.78. The zero-order valence-corrected chi connectivity index (χ0v) is 17.2. The Morgan fingerprint density at radius 2 is 1.85 bits per heavy atom. The van der Waals surface area contributed by atoms with Gasteiger partial charge in [-0.05, 0) is 37.1 Å². The molecule has 0 fully saturated rings. The molecule has 134 valence electrons. The van der Waals surface area contributed by atoms with Crippen LogP contribution >= 0.6 is 27.7 Å². The van der Waals surface area contributed by atoms with Gasteiger partial charge in [-0.1, -0.05) is 58.0 Å². The predicted molar refractivity (Wildman–Crippen MR) is 109 cm³/mol. The average molecular weight is 431 g/mol. The van der Waals surface area contributed by atoms with Gasteiger partial charge in [-0.2, -0.15) is 0 Å². The number of carbonyl (C=O) groups is 1. The van der Waals surface area contributed by atoms with Gasteiger partial charge in [0.25, 0.3) is 0 Å². The average Bonchev–Trinajstić information content (AvgIpc) is 3.02. The Labute approximate surface area is 165 Å². The van der Waals surface area contributed by atoms with Gasteiger partial charge < -0.3 is 9.88 Å². The van der Waals surface area contributed by atoms with Crippen molar-refractivity contribution in [2.45, 2.75) is 19.0 Å². The summed E-state index contributed by atoms with van der Waals surface area (Å²) in [4.78, 5) is 12.3. The number of nitrogens with one attached hydrogen (secondary N) is 1. The SMILES string of the molecule is Cc1c(Br)ccc(NC(=O)CSc2nnc(-c3ccccc3)n2C)c1C. The highest BCUT2D eigenvalue weighted by Gasteiger charge is 2.14. The molecule has 7 heteroatoms. The molecule has 0 aliphatic heterocycles. The third-order valence-electron chi connectivity index (χ3n) is 4.19. The maximum atomic E-state index is 12.3. The summed E-state index contributed by atoms with van der Waals surface area (Å²) in [5.41, 5.74) is 4.01. The number of benzene rings is 2. The number of carbonyl (C=O) groups excluding carboxylic acids is 1. The van der Waals surface area contributed by atoms with Crippen molar-refractivity contribution < 1.29 is 4.79 Å². The Morgan fingerprint density at radius 3 is 2.58 bits per heavy atom. The van der Waals surface area contributed by atoms with E-state index < -0.39 is 0 Å². The van der Waals surface area contributed by atoms with Crippen LogP contribution in [0.4, 0.5) is 5.69 Å². The summed E-state index contributed by atoms with van der Waals surface area (Å²) in [6.07, 6.45) is 0. The molecule has 0 aliphatic carbocycles. The van der Waals surface area contributed by atoms with Gasteiger partial charge in [0.15, 0.2) is 11.0 Å². The lowest BCUT2D eigenvalue weighted by Gasteiger charge is -2.11. The molecule has 5 nitrogen and oxygen atoms in total. The van der Waals surface area contributed by atoms with E-state index in [0.717, 1.165) is 32.7 Å². The summed E-state index contributed by atoms with van der Waals surface area (Å²) in [6.45, 7) is 4.02. The second kappa shape index (κ2) is 8.05. The summed E-state index contributed by atoms with van der Waals surface area (Å²) >= 11 is 4.87. The number of thioether (sulfide) groups is 1. The quantitative estimate of drug-likeness (QED) is 0.601. The van der Waals surface area contributed by atoms with Crippen LogP contribution in [0.15, 0.2) is 52.1 Å². The van der Waals surface area contributed by atoms with Gasteiger partial charge in [0.2, 0.25) is 5.91 Å². The van der Waals surface area contributed by atoms with Gasteiger partial charge in [0.1, 0.15) is 0 Å². The van der Waals surface area contributed by atoms with Crippen molar-refractivity contribution >= 4 is 39.3 Å². The normalized spacial score (nSPS) is 10.8. The molecule has 2 aromatic carbocycles. The minimum Gasteiger partial charge on any atom is -0.325 e. The molecule has 1 aromatic heterocycles. The Morgan fingerprint density at radius 1 is 1.12 bits per heavy atom. The van der Waals surface area contributed by atoms with Gasteiger partial charge in [-0.3, -0.25) is 4.79 Å². The van der Waals surface area contributed by atoms with Crippen molar-refractivity contribution in [2.75, 3.05) is 11.1 Å². The van der Waals surface area contributed by atoms with Crippen molar-refractivity contribution in [3.05, 3.63) is 58.1 Å². The summed E-state index contributed by atoms with van der Waals surface area (Å²) in [7, 11) is 1.91. The smallest absolute Gasteiger partial charge is 0.234 e. The summed E-state index contributed by atoms with van der Waals surface area (Å²) in [5.74, 6) is 0.993. The van der Waals surface area contributed by atoms with Gasteiger partial charge >= 0.3 is 0 Å². The van der Waals surface area contributed by atoms with E-state index in [1.54, 1.807) is 0 Å². The Balaban J connectivity index is 1.66. The van der Waals surface area contributed by atoms with Gasteiger partial charge in [-0.15, -0.1) is 10.2 Å². The standard InChI is InChI=1S/C19H19BrN4OS/c1-12-13(2)16(10-9-15(12)20)21-17(25)11-26-19-23-22-18(24(19)3)14-7-5-4-6-8-14/h4-10H,11H2,1-3H3,(H,21,25). The monoisotopic (exact) mass is 430 g/mol. The highest BCUT2D eigenvalue weighted by molar-refractivity contribution is 9.10. The van der Waals surface area contributed by atoms with Gasteiger partial charge in [0, 0.05) is 22.8 Å². The maximum Gasteiger partial charge on any atom is 0.234 e. The van der Waals surface area contributed by atoms with Crippen molar-refractivity contribution in [2.24, 2.45) is 7.05 Å². The van der Waals surface area contributed by atoms with E-state index in [9.17, 15) is 4.79 Å². The lowest BCUT2D eigenvalue weighted by atomic mass is 10.1. The lowest BCUT2D eigenvalue weighted by Crippen LogP contribution is -2.15. The lowest BCUT2D eigenvalue weighted by molar-refractivity contribution is -0.113. The second-order valence-corrected chi connectivity index (χ2v) is 7.71. The number of nitrogens with zero attached hydrogens (tertiary/aromatic N) is 3. The maximum absolute atomic E-state index is 12.3. The van der Waals surface area contributed by atoms with E-state index >= 15 is 0 Å². The highest BCUT2D eigenvalue weighted by atomic mass is 79.9. The summed E-state index contributed by atoms with van der Waals surface area (Å²) in [5, 5.41) is 12.1. The first-order valence-corrected chi connectivity index (χ1v) is 9.88. The van der Waals surface area contributed by atoms with Crippen LogP contribution in [-0.2, 0) is 11.8 Å². The molecule has 26 heavy (non-hydrogen) atoms. The van der Waals surface area contributed by atoms with Gasteiger partial charge in [0.05, 0.1) is 5.75 Å². The summed E-state index contributed by atoms with van der Waals surface area (Å²) < 4.78 is 2.94. The molecule has 0 atom stereocenters. The molecule has 0 radical (unpaired) electrons. The van der Waals surface area contributed by atoms with Crippen molar-refractivity contribution in [3.8, 4) is 11.4 Å². The molecule has 1 amide bonds. The molecule has 3 rings (SSSR count). The van der Waals surface area contributed by atoms with Crippen molar-refractivity contribution in [1.82, 2.24) is 14.8 Å². The number of aromatic nitrogens is 3. The molecular weight excluding hydrogens is 412 g/mol. The van der Waals surface area contributed by atoms with Crippen LogP contribution in [0, 0.1) is 13.8 Å². The zero-order chi connectivity index (χ0) is 18.7. The van der Waals surface area contributed by atoms with E-state index in [1.165, 1.54) is 11.8 Å². The van der Waals surface area contributed by atoms with E-state index in [-0.39, 0.29) is 11.7 Å². The van der Waals surface area contributed by atoms with E-state index in [0.29, 0.717) is 5.16 Å².